The van der Waals surface area contributed by atoms with E-state index in [1.165, 1.54) is 43.5 Å². The van der Waals surface area contributed by atoms with Crippen LogP contribution in [0.4, 0.5) is 17.6 Å². The van der Waals surface area contributed by atoms with E-state index in [2.05, 4.69) is 10.1 Å². The van der Waals surface area contributed by atoms with Crippen molar-refractivity contribution in [1.82, 2.24) is 14.8 Å². The van der Waals surface area contributed by atoms with Gasteiger partial charge in [0.2, 0.25) is 0 Å². The first-order valence-electron chi connectivity index (χ1n) is 9.59. The smallest absolute Gasteiger partial charge is 0.267 e. The number of fused-ring (bicyclic) bond motifs is 1. The first-order valence-corrected chi connectivity index (χ1v) is 11.2. The Balaban J connectivity index is 1.97. The summed E-state index contributed by atoms with van der Waals surface area (Å²) < 4.78 is 78.9. The van der Waals surface area contributed by atoms with Crippen molar-refractivity contribution in [3.63, 3.8) is 0 Å². The second-order valence-corrected chi connectivity index (χ2v) is 9.36. The van der Waals surface area contributed by atoms with Crippen LogP contribution in [-0.4, -0.2) is 28.9 Å². The highest BCUT2D eigenvalue weighted by atomic mass is 32.2. The van der Waals surface area contributed by atoms with Crippen molar-refractivity contribution in [2.75, 3.05) is 5.75 Å². The number of hydrogen-bond acceptors (Lipinski definition) is 5. The Morgan fingerprint density at radius 2 is 1.67 bits per heavy atom. The van der Waals surface area contributed by atoms with Gasteiger partial charge in [0.25, 0.3) is 5.56 Å². The number of sulfone groups is 1. The third-order valence-corrected chi connectivity index (χ3v) is 6.77. The average Bonchev–Trinajstić information content (AvgIpc) is 2.79. The van der Waals surface area contributed by atoms with Gasteiger partial charge in [-0.1, -0.05) is 25.1 Å². The molecule has 4 rings (SSSR count). The monoisotopic (exact) mass is 477 g/mol. The van der Waals surface area contributed by atoms with Crippen molar-refractivity contribution in [3.8, 4) is 16.9 Å². The SMILES string of the molecule is CCS(=O)(=O)c1cc(-c2ccc(F)cc2)cnc1-n1ncc2ccc(C(F)(F)F)cc2c1=O. The molecule has 0 radical (unpaired) electrons. The lowest BCUT2D eigenvalue weighted by Gasteiger charge is -2.13. The Bertz CT molecular complexity index is 1530. The van der Waals surface area contributed by atoms with Crippen molar-refractivity contribution < 1.29 is 26.0 Å². The maximum Gasteiger partial charge on any atom is 0.416 e. The molecule has 0 unspecified atom stereocenters. The molecule has 6 nitrogen and oxygen atoms in total. The summed E-state index contributed by atoms with van der Waals surface area (Å²) in [5.74, 6) is -1.14. The van der Waals surface area contributed by atoms with Gasteiger partial charge in [-0.05, 0) is 35.9 Å². The van der Waals surface area contributed by atoms with Crippen LogP contribution in [0.1, 0.15) is 12.5 Å². The molecule has 2 heterocycles. The van der Waals surface area contributed by atoms with Crippen molar-refractivity contribution in [3.05, 3.63) is 82.7 Å². The average molecular weight is 477 g/mol. The molecule has 0 saturated carbocycles. The van der Waals surface area contributed by atoms with Crippen LogP contribution in [0.15, 0.2) is 70.6 Å². The van der Waals surface area contributed by atoms with Crippen LogP contribution in [0.3, 0.4) is 0 Å². The number of aromatic nitrogens is 3. The van der Waals surface area contributed by atoms with E-state index in [9.17, 15) is 30.8 Å². The van der Waals surface area contributed by atoms with Crippen molar-refractivity contribution >= 4 is 20.6 Å². The molecular formula is C22H15F4N3O3S. The number of rotatable bonds is 4. The van der Waals surface area contributed by atoms with Gasteiger partial charge >= 0.3 is 6.18 Å². The Labute approximate surface area is 185 Å². The number of hydrogen-bond donors (Lipinski definition) is 0. The molecule has 2 aromatic carbocycles. The van der Waals surface area contributed by atoms with Crippen LogP contribution < -0.4 is 5.56 Å². The van der Waals surface area contributed by atoms with Gasteiger partial charge in [0.1, 0.15) is 10.7 Å². The normalized spacial score (nSPS) is 12.3. The fourth-order valence-electron chi connectivity index (χ4n) is 3.25. The highest BCUT2D eigenvalue weighted by molar-refractivity contribution is 7.91. The second kappa shape index (κ2) is 8.07. The first-order chi connectivity index (χ1) is 15.5. The summed E-state index contributed by atoms with van der Waals surface area (Å²) in [6, 6.07) is 9.19. The number of alkyl halides is 3. The van der Waals surface area contributed by atoms with Crippen LogP contribution in [0.5, 0.6) is 0 Å². The molecule has 0 spiro atoms. The zero-order valence-electron chi connectivity index (χ0n) is 17.0. The van der Waals surface area contributed by atoms with Crippen LogP contribution >= 0.6 is 0 Å². The third kappa shape index (κ3) is 4.23. The predicted molar refractivity (Wildman–Crippen MR) is 113 cm³/mol. The Hall–Kier alpha value is -3.60. The first kappa shape index (κ1) is 22.6. The standard InChI is InChI=1S/C22H15F4N3O3S/c1-2-33(31,32)19-9-15(13-4-7-17(23)8-5-13)11-27-20(19)29-21(30)18-10-16(22(24,25)26)6-3-14(18)12-28-29/h3-12H,2H2,1H3. The molecule has 0 fully saturated rings. The molecule has 170 valence electrons. The largest absolute Gasteiger partial charge is 0.416 e. The summed E-state index contributed by atoms with van der Waals surface area (Å²) >= 11 is 0. The summed E-state index contributed by atoms with van der Waals surface area (Å²) in [4.78, 5) is 16.8. The molecule has 0 bridgehead atoms. The highest BCUT2D eigenvalue weighted by Gasteiger charge is 2.31. The molecule has 4 aromatic rings. The molecule has 0 aliphatic carbocycles. The van der Waals surface area contributed by atoms with E-state index < -0.39 is 33.0 Å². The van der Waals surface area contributed by atoms with Crippen molar-refractivity contribution in [2.24, 2.45) is 0 Å². The van der Waals surface area contributed by atoms with Crippen LogP contribution in [0.25, 0.3) is 27.7 Å². The van der Waals surface area contributed by atoms with Gasteiger partial charge in [0.15, 0.2) is 15.7 Å². The van der Waals surface area contributed by atoms with E-state index >= 15 is 0 Å². The quantitative estimate of drug-likeness (QED) is 0.407. The van der Waals surface area contributed by atoms with E-state index in [0.29, 0.717) is 21.9 Å². The zero-order valence-corrected chi connectivity index (χ0v) is 17.8. The second-order valence-electron chi connectivity index (χ2n) is 7.12. The molecule has 0 aliphatic heterocycles. The Morgan fingerprint density at radius 3 is 2.30 bits per heavy atom. The van der Waals surface area contributed by atoms with Crippen molar-refractivity contribution in [1.29, 1.82) is 0 Å². The number of nitrogens with zero attached hydrogens (tertiary/aromatic N) is 3. The van der Waals surface area contributed by atoms with Gasteiger partial charge in [0, 0.05) is 17.1 Å². The predicted octanol–water partition coefficient (Wildman–Crippen LogP) is 4.40. The van der Waals surface area contributed by atoms with E-state index in [1.54, 1.807) is 0 Å². The van der Waals surface area contributed by atoms with Gasteiger partial charge in [-0.2, -0.15) is 23.0 Å². The third-order valence-electron chi connectivity index (χ3n) is 5.04. The topological polar surface area (TPSA) is 81.9 Å². The fourth-order valence-corrected chi connectivity index (χ4v) is 4.28. The zero-order chi connectivity index (χ0) is 24.0. The number of benzene rings is 2. The summed E-state index contributed by atoms with van der Waals surface area (Å²) in [7, 11) is -3.93. The molecule has 0 saturated heterocycles. The maximum absolute atomic E-state index is 13.3. The highest BCUT2D eigenvalue weighted by Crippen LogP contribution is 2.31. The summed E-state index contributed by atoms with van der Waals surface area (Å²) in [6.45, 7) is 1.40. The maximum atomic E-state index is 13.3. The summed E-state index contributed by atoms with van der Waals surface area (Å²) in [5, 5.41) is 3.81. The molecule has 0 aliphatic rings. The van der Waals surface area contributed by atoms with E-state index in [1.807, 2.05) is 0 Å². The lowest BCUT2D eigenvalue weighted by molar-refractivity contribution is -0.137. The minimum Gasteiger partial charge on any atom is -0.267 e. The van der Waals surface area contributed by atoms with Crippen molar-refractivity contribution in [2.45, 2.75) is 18.0 Å². The number of halogens is 4. The van der Waals surface area contributed by atoms with Crippen LogP contribution in [0.2, 0.25) is 0 Å². The Morgan fingerprint density at radius 1 is 0.970 bits per heavy atom. The Kier molecular flexibility index (Phi) is 5.52. The van der Waals surface area contributed by atoms with Gasteiger partial charge in [0.05, 0.1) is 22.9 Å². The molecule has 2 aromatic heterocycles. The molecule has 0 amide bonds. The van der Waals surface area contributed by atoms with E-state index in [-0.39, 0.29) is 27.2 Å². The summed E-state index contributed by atoms with van der Waals surface area (Å²) in [6.07, 6.45) is -2.23. The lowest BCUT2D eigenvalue weighted by Crippen LogP contribution is -2.25. The molecule has 11 heteroatoms. The molecule has 0 N–H and O–H groups in total. The van der Waals surface area contributed by atoms with Gasteiger partial charge in [-0.25, -0.2) is 17.8 Å². The molecule has 33 heavy (non-hydrogen) atoms. The minimum atomic E-state index is -4.67. The van der Waals surface area contributed by atoms with E-state index in [4.69, 9.17) is 0 Å². The van der Waals surface area contributed by atoms with Crippen LogP contribution in [0, 0.1) is 5.82 Å². The lowest BCUT2D eigenvalue weighted by atomic mass is 10.1. The van der Waals surface area contributed by atoms with E-state index in [0.717, 1.165) is 18.3 Å². The van der Waals surface area contributed by atoms with Gasteiger partial charge in [-0.15, -0.1) is 0 Å². The fraction of sp³-hybridized carbons (Fsp3) is 0.136. The van der Waals surface area contributed by atoms with Gasteiger partial charge in [-0.3, -0.25) is 4.79 Å². The minimum absolute atomic E-state index is 0.159. The number of pyridine rings is 1. The summed E-state index contributed by atoms with van der Waals surface area (Å²) in [5.41, 5.74) is -1.14. The van der Waals surface area contributed by atoms with Gasteiger partial charge < -0.3 is 0 Å². The molecular weight excluding hydrogens is 462 g/mol. The van der Waals surface area contributed by atoms with Crippen LogP contribution in [-0.2, 0) is 16.0 Å². The molecule has 0 atom stereocenters.